The van der Waals surface area contributed by atoms with E-state index in [0.717, 1.165) is 10.0 Å². The predicted molar refractivity (Wildman–Crippen MR) is 77.9 cm³/mol. The van der Waals surface area contributed by atoms with Gasteiger partial charge < -0.3 is 20.6 Å². The first-order valence-corrected chi connectivity index (χ1v) is 6.97. The van der Waals surface area contributed by atoms with Gasteiger partial charge in [-0.05, 0) is 34.5 Å². The fraction of sp³-hybridized carbons (Fsp3) is 0.385. The smallest absolute Gasteiger partial charge is 0.255 e. The standard InChI is InChI=1S/C13H16BrN3O3/c1-8-3-2-4-9(11(8)14)13(18)17-5-6-20-10(7-17)12(15)16-19/h2-4,10,19H,5-7H2,1H3,(H2,15,16). The molecule has 1 aliphatic rings. The number of nitrogens with two attached hydrogens (primary N) is 1. The number of amidine groups is 1. The molecule has 0 aliphatic carbocycles. The van der Waals surface area contributed by atoms with Gasteiger partial charge in [0.25, 0.3) is 5.91 Å². The molecule has 1 saturated heterocycles. The number of rotatable bonds is 2. The summed E-state index contributed by atoms with van der Waals surface area (Å²) in [6.45, 7) is 3.04. The maximum atomic E-state index is 12.5. The third-order valence-electron chi connectivity index (χ3n) is 3.22. The van der Waals surface area contributed by atoms with Crippen molar-refractivity contribution in [2.75, 3.05) is 19.7 Å². The van der Waals surface area contributed by atoms with Crippen LogP contribution in [0.3, 0.4) is 0 Å². The van der Waals surface area contributed by atoms with Crippen molar-refractivity contribution in [3.8, 4) is 0 Å². The molecule has 0 aromatic heterocycles. The number of hydrogen-bond donors (Lipinski definition) is 2. The summed E-state index contributed by atoms with van der Waals surface area (Å²) >= 11 is 3.44. The zero-order valence-electron chi connectivity index (χ0n) is 11.0. The molecule has 7 heteroatoms. The Bertz CT molecular complexity index is 548. The number of halogens is 1. The average Bonchev–Trinajstić information content (AvgIpc) is 2.48. The Kier molecular flexibility index (Phi) is 4.61. The van der Waals surface area contributed by atoms with Crippen LogP contribution >= 0.6 is 15.9 Å². The molecule has 1 amide bonds. The van der Waals surface area contributed by atoms with E-state index in [1.165, 1.54) is 0 Å². The highest BCUT2D eigenvalue weighted by molar-refractivity contribution is 9.10. The number of amides is 1. The molecular weight excluding hydrogens is 326 g/mol. The molecule has 1 aromatic rings. The number of carbonyl (C=O) groups is 1. The molecule has 0 saturated carbocycles. The molecule has 2 rings (SSSR count). The first-order valence-electron chi connectivity index (χ1n) is 6.18. The van der Waals surface area contributed by atoms with Crippen LogP contribution in [0.25, 0.3) is 0 Å². The number of aryl methyl sites for hydroxylation is 1. The summed E-state index contributed by atoms with van der Waals surface area (Å²) in [5.41, 5.74) is 7.13. The summed E-state index contributed by atoms with van der Waals surface area (Å²) < 4.78 is 6.17. The minimum absolute atomic E-state index is 0.0224. The van der Waals surface area contributed by atoms with E-state index in [1.807, 2.05) is 19.1 Å². The normalized spacial score (nSPS) is 20.0. The van der Waals surface area contributed by atoms with Crippen LogP contribution in [0.5, 0.6) is 0 Å². The van der Waals surface area contributed by atoms with Crippen molar-refractivity contribution in [2.24, 2.45) is 10.9 Å². The molecule has 1 aliphatic heterocycles. The third kappa shape index (κ3) is 2.94. The Morgan fingerprint density at radius 1 is 1.60 bits per heavy atom. The molecule has 1 heterocycles. The molecule has 1 fully saturated rings. The number of oxime groups is 1. The Balaban J connectivity index is 2.19. The summed E-state index contributed by atoms with van der Waals surface area (Å²) in [6, 6.07) is 5.54. The molecule has 20 heavy (non-hydrogen) atoms. The molecule has 0 bridgehead atoms. The van der Waals surface area contributed by atoms with Crippen LogP contribution in [0, 0.1) is 6.92 Å². The lowest BCUT2D eigenvalue weighted by atomic mass is 10.1. The molecule has 0 spiro atoms. The number of carbonyl (C=O) groups excluding carboxylic acids is 1. The van der Waals surface area contributed by atoms with E-state index in [2.05, 4.69) is 21.1 Å². The highest BCUT2D eigenvalue weighted by Gasteiger charge is 2.28. The Labute approximate surface area is 125 Å². The minimum atomic E-state index is -0.568. The number of nitrogens with zero attached hydrogens (tertiary/aromatic N) is 2. The van der Waals surface area contributed by atoms with Gasteiger partial charge in [-0.3, -0.25) is 4.79 Å². The summed E-state index contributed by atoms with van der Waals surface area (Å²) in [6.07, 6.45) is -0.568. The van der Waals surface area contributed by atoms with E-state index in [1.54, 1.807) is 11.0 Å². The first kappa shape index (κ1) is 14.8. The molecule has 0 radical (unpaired) electrons. The maximum Gasteiger partial charge on any atom is 0.255 e. The molecule has 1 atom stereocenters. The van der Waals surface area contributed by atoms with Gasteiger partial charge in [-0.2, -0.15) is 0 Å². The van der Waals surface area contributed by atoms with Crippen molar-refractivity contribution >= 4 is 27.7 Å². The monoisotopic (exact) mass is 341 g/mol. The lowest BCUT2D eigenvalue weighted by Crippen LogP contribution is -2.50. The summed E-state index contributed by atoms with van der Waals surface area (Å²) in [5.74, 6) is -0.120. The Morgan fingerprint density at radius 2 is 2.35 bits per heavy atom. The van der Waals surface area contributed by atoms with Gasteiger partial charge in [-0.25, -0.2) is 0 Å². The Hall–Kier alpha value is -1.60. The van der Waals surface area contributed by atoms with Crippen molar-refractivity contribution in [1.29, 1.82) is 0 Å². The largest absolute Gasteiger partial charge is 0.409 e. The third-order valence-corrected chi connectivity index (χ3v) is 4.27. The molecule has 6 nitrogen and oxygen atoms in total. The fourth-order valence-corrected chi connectivity index (χ4v) is 2.49. The van der Waals surface area contributed by atoms with Crippen LogP contribution in [0.1, 0.15) is 15.9 Å². The van der Waals surface area contributed by atoms with Crippen molar-refractivity contribution in [1.82, 2.24) is 4.90 Å². The van der Waals surface area contributed by atoms with Crippen LogP contribution in [-0.2, 0) is 4.74 Å². The van der Waals surface area contributed by atoms with E-state index in [9.17, 15) is 4.79 Å². The number of morpholine rings is 1. The van der Waals surface area contributed by atoms with Gasteiger partial charge in [0.2, 0.25) is 0 Å². The number of hydrogen-bond acceptors (Lipinski definition) is 4. The van der Waals surface area contributed by atoms with Crippen molar-refractivity contribution < 1.29 is 14.7 Å². The van der Waals surface area contributed by atoms with Crippen molar-refractivity contribution in [3.05, 3.63) is 33.8 Å². The van der Waals surface area contributed by atoms with Gasteiger partial charge in [0.15, 0.2) is 5.84 Å². The van der Waals surface area contributed by atoms with E-state index < -0.39 is 6.10 Å². The first-order chi connectivity index (χ1) is 9.54. The number of ether oxygens (including phenoxy) is 1. The van der Waals surface area contributed by atoms with Gasteiger partial charge >= 0.3 is 0 Å². The molecule has 3 N–H and O–H groups in total. The SMILES string of the molecule is Cc1cccc(C(=O)N2CCOC(/C(N)=N/O)C2)c1Br. The second-order valence-corrected chi connectivity index (χ2v) is 5.36. The van der Waals surface area contributed by atoms with Gasteiger partial charge in [0.1, 0.15) is 6.10 Å². The Morgan fingerprint density at radius 3 is 3.05 bits per heavy atom. The topological polar surface area (TPSA) is 88.2 Å². The van der Waals surface area contributed by atoms with Gasteiger partial charge in [0.05, 0.1) is 18.7 Å². The highest BCUT2D eigenvalue weighted by Crippen LogP contribution is 2.23. The summed E-state index contributed by atoms with van der Waals surface area (Å²) in [7, 11) is 0. The predicted octanol–water partition coefficient (Wildman–Crippen LogP) is 1.34. The van der Waals surface area contributed by atoms with Crippen LogP contribution in [0.15, 0.2) is 27.8 Å². The highest BCUT2D eigenvalue weighted by atomic mass is 79.9. The van der Waals surface area contributed by atoms with E-state index in [4.69, 9.17) is 15.7 Å². The van der Waals surface area contributed by atoms with Crippen LogP contribution in [-0.4, -0.2) is 47.7 Å². The van der Waals surface area contributed by atoms with E-state index in [0.29, 0.717) is 18.7 Å². The summed E-state index contributed by atoms with van der Waals surface area (Å²) in [4.78, 5) is 14.2. The molecular formula is C13H16BrN3O3. The van der Waals surface area contributed by atoms with Crippen molar-refractivity contribution in [2.45, 2.75) is 13.0 Å². The van der Waals surface area contributed by atoms with Gasteiger partial charge in [-0.1, -0.05) is 17.3 Å². The maximum absolute atomic E-state index is 12.5. The van der Waals surface area contributed by atoms with E-state index >= 15 is 0 Å². The van der Waals surface area contributed by atoms with Crippen LogP contribution in [0.4, 0.5) is 0 Å². The molecule has 108 valence electrons. The lowest BCUT2D eigenvalue weighted by Gasteiger charge is -2.32. The minimum Gasteiger partial charge on any atom is -0.409 e. The van der Waals surface area contributed by atoms with Crippen molar-refractivity contribution in [3.63, 3.8) is 0 Å². The van der Waals surface area contributed by atoms with E-state index in [-0.39, 0.29) is 18.3 Å². The second kappa shape index (κ2) is 6.23. The van der Waals surface area contributed by atoms with Gasteiger partial charge in [0, 0.05) is 11.0 Å². The number of benzene rings is 1. The van der Waals surface area contributed by atoms with Crippen LogP contribution < -0.4 is 5.73 Å². The fourth-order valence-electron chi connectivity index (χ4n) is 2.06. The molecule has 1 unspecified atom stereocenters. The molecule has 1 aromatic carbocycles. The van der Waals surface area contributed by atoms with Crippen LogP contribution in [0.2, 0.25) is 0 Å². The summed E-state index contributed by atoms with van der Waals surface area (Å²) in [5, 5.41) is 11.6. The second-order valence-electron chi connectivity index (χ2n) is 4.57. The average molecular weight is 342 g/mol. The zero-order chi connectivity index (χ0) is 14.7. The zero-order valence-corrected chi connectivity index (χ0v) is 12.6. The lowest BCUT2D eigenvalue weighted by molar-refractivity contribution is 0.00671. The van der Waals surface area contributed by atoms with Gasteiger partial charge in [-0.15, -0.1) is 0 Å². The quantitative estimate of drug-likeness (QED) is 0.368.